The van der Waals surface area contributed by atoms with Crippen LogP contribution in [0.4, 0.5) is 10.1 Å². The second kappa shape index (κ2) is 7.12. The number of anilines is 1. The molecule has 1 atom stereocenters. The van der Waals surface area contributed by atoms with E-state index in [1.807, 2.05) is 24.4 Å². The smallest absolute Gasteiger partial charge is 0.254 e. The topological polar surface area (TPSA) is 58.2 Å². The van der Waals surface area contributed by atoms with Gasteiger partial charge in [-0.05, 0) is 55.5 Å². The molecule has 2 aromatic rings. The van der Waals surface area contributed by atoms with Crippen LogP contribution in [0.2, 0.25) is 0 Å². The minimum atomic E-state index is -0.366. The van der Waals surface area contributed by atoms with Crippen LogP contribution in [0.25, 0.3) is 0 Å². The highest BCUT2D eigenvalue weighted by atomic mass is 32.1. The van der Waals surface area contributed by atoms with Crippen LogP contribution in [0, 0.1) is 5.82 Å². The predicted molar refractivity (Wildman–Crippen MR) is 104 cm³/mol. The molecule has 0 spiro atoms. The lowest BCUT2D eigenvalue weighted by Gasteiger charge is -2.33. The van der Waals surface area contributed by atoms with Gasteiger partial charge in [-0.15, -0.1) is 11.3 Å². The molecule has 2 N–H and O–H groups in total. The van der Waals surface area contributed by atoms with Crippen molar-refractivity contribution < 1.29 is 14.0 Å². The lowest BCUT2D eigenvalue weighted by atomic mass is 9.77. The molecule has 0 unspecified atom stereocenters. The number of thiophene rings is 1. The molecule has 0 fully saturated rings. The fourth-order valence-electron chi connectivity index (χ4n) is 3.76. The number of rotatable bonds is 3. The SMILES string of the molecule is CC1=C(C(=O)Nc2ccc(F)cc2)[C@@H](c2cccs2)C2=C(CCCC2=O)N1. The Kier molecular flexibility index (Phi) is 4.66. The maximum absolute atomic E-state index is 13.1. The summed E-state index contributed by atoms with van der Waals surface area (Å²) in [6, 6.07) is 9.55. The van der Waals surface area contributed by atoms with Gasteiger partial charge >= 0.3 is 0 Å². The first-order chi connectivity index (χ1) is 13.0. The molecule has 0 radical (unpaired) electrons. The van der Waals surface area contributed by atoms with E-state index in [4.69, 9.17) is 0 Å². The van der Waals surface area contributed by atoms with Gasteiger partial charge in [0.1, 0.15) is 5.82 Å². The monoisotopic (exact) mass is 382 g/mol. The fraction of sp³-hybridized carbons (Fsp3) is 0.238. The Morgan fingerprint density at radius 3 is 2.70 bits per heavy atom. The second-order valence-corrected chi connectivity index (χ2v) is 7.72. The molecule has 4 rings (SSSR count). The van der Waals surface area contributed by atoms with E-state index in [-0.39, 0.29) is 23.4 Å². The normalized spacial score (nSPS) is 19.6. The average Bonchev–Trinajstić information content (AvgIpc) is 3.17. The number of allylic oxidation sites excluding steroid dienone is 3. The van der Waals surface area contributed by atoms with Crippen molar-refractivity contribution in [3.8, 4) is 0 Å². The number of benzene rings is 1. The highest BCUT2D eigenvalue weighted by Gasteiger charge is 2.38. The Bertz CT molecular complexity index is 959. The van der Waals surface area contributed by atoms with Gasteiger partial charge in [0.15, 0.2) is 5.78 Å². The zero-order valence-corrected chi connectivity index (χ0v) is 15.7. The number of hydrogen-bond acceptors (Lipinski definition) is 4. The number of ketones is 1. The average molecular weight is 382 g/mol. The molecular weight excluding hydrogens is 363 g/mol. The fourth-order valence-corrected chi connectivity index (χ4v) is 4.60. The van der Waals surface area contributed by atoms with E-state index >= 15 is 0 Å². The molecule has 0 saturated heterocycles. The molecule has 27 heavy (non-hydrogen) atoms. The van der Waals surface area contributed by atoms with Crippen LogP contribution in [0.3, 0.4) is 0 Å². The third kappa shape index (κ3) is 3.32. The highest BCUT2D eigenvalue weighted by molar-refractivity contribution is 7.10. The quantitative estimate of drug-likeness (QED) is 0.822. The summed E-state index contributed by atoms with van der Waals surface area (Å²) < 4.78 is 13.1. The Balaban J connectivity index is 1.74. The van der Waals surface area contributed by atoms with E-state index in [0.29, 0.717) is 23.3 Å². The van der Waals surface area contributed by atoms with Gasteiger partial charge in [0.05, 0.1) is 5.92 Å². The van der Waals surface area contributed by atoms with Crippen LogP contribution in [0.1, 0.15) is 37.0 Å². The summed E-state index contributed by atoms with van der Waals surface area (Å²) in [5.74, 6) is -0.909. The van der Waals surface area contributed by atoms with Crippen molar-refractivity contribution in [3.63, 3.8) is 0 Å². The first kappa shape index (κ1) is 17.7. The van der Waals surface area contributed by atoms with Crippen LogP contribution in [0.15, 0.2) is 64.3 Å². The molecule has 0 bridgehead atoms. The maximum Gasteiger partial charge on any atom is 0.254 e. The first-order valence-electron chi connectivity index (χ1n) is 8.89. The van der Waals surface area contributed by atoms with Gasteiger partial charge in [0, 0.05) is 39.5 Å². The summed E-state index contributed by atoms with van der Waals surface area (Å²) in [4.78, 5) is 26.8. The number of carbonyl (C=O) groups excluding carboxylic acids is 2. The number of Topliss-reactive ketones (excluding diaryl/α,β-unsaturated/α-hetero) is 1. The molecular formula is C21H19FN2O2S. The summed E-state index contributed by atoms with van der Waals surface area (Å²) in [6.45, 7) is 1.86. The minimum absolute atomic E-state index is 0.0988. The lowest BCUT2D eigenvalue weighted by Crippen LogP contribution is -2.35. The van der Waals surface area contributed by atoms with E-state index in [0.717, 1.165) is 29.1 Å². The third-order valence-electron chi connectivity index (χ3n) is 4.95. The molecule has 2 heterocycles. The maximum atomic E-state index is 13.1. The van der Waals surface area contributed by atoms with Crippen LogP contribution < -0.4 is 10.6 Å². The zero-order chi connectivity index (χ0) is 19.0. The van der Waals surface area contributed by atoms with E-state index in [2.05, 4.69) is 10.6 Å². The molecule has 6 heteroatoms. The molecule has 0 saturated carbocycles. The van der Waals surface area contributed by atoms with Crippen LogP contribution in [0.5, 0.6) is 0 Å². The zero-order valence-electron chi connectivity index (χ0n) is 14.8. The van der Waals surface area contributed by atoms with E-state index in [1.165, 1.54) is 24.3 Å². The Hall–Kier alpha value is -2.73. The predicted octanol–water partition coefficient (Wildman–Crippen LogP) is 4.49. The number of amides is 1. The van der Waals surface area contributed by atoms with Crippen LogP contribution >= 0.6 is 11.3 Å². The summed E-state index contributed by atoms with van der Waals surface area (Å²) in [6.07, 6.45) is 2.15. The van der Waals surface area contributed by atoms with Crippen molar-refractivity contribution in [2.75, 3.05) is 5.32 Å². The van der Waals surface area contributed by atoms with Gasteiger partial charge in [0.2, 0.25) is 0 Å². The van der Waals surface area contributed by atoms with Crippen LogP contribution in [-0.4, -0.2) is 11.7 Å². The van der Waals surface area contributed by atoms with Gasteiger partial charge in [-0.3, -0.25) is 9.59 Å². The van der Waals surface area contributed by atoms with Gasteiger partial charge in [-0.2, -0.15) is 0 Å². The molecule has 2 aliphatic rings. The Labute approximate surface area is 160 Å². The standard InChI is InChI=1S/C21H19FN2O2S/c1-12-18(21(26)24-14-9-7-13(22)8-10-14)20(17-6-3-11-27-17)19-15(23-12)4-2-5-16(19)25/h3,6-11,20,23H,2,4-5H2,1H3,(H,24,26)/t20-/m1/s1. The summed E-state index contributed by atoms with van der Waals surface area (Å²) >= 11 is 1.54. The molecule has 1 aromatic heterocycles. The first-order valence-corrected chi connectivity index (χ1v) is 9.77. The van der Waals surface area contributed by atoms with Crippen molar-refractivity contribution in [3.05, 3.63) is 75.0 Å². The van der Waals surface area contributed by atoms with Gasteiger partial charge in [-0.25, -0.2) is 4.39 Å². The lowest BCUT2D eigenvalue weighted by molar-refractivity contribution is -0.116. The van der Waals surface area contributed by atoms with Gasteiger partial charge in [-0.1, -0.05) is 6.07 Å². The number of dihydropyridines is 1. The second-order valence-electron chi connectivity index (χ2n) is 6.74. The van der Waals surface area contributed by atoms with Crippen molar-refractivity contribution >= 4 is 28.7 Å². The molecule has 1 aliphatic heterocycles. The minimum Gasteiger partial charge on any atom is -0.362 e. The van der Waals surface area contributed by atoms with Gasteiger partial charge < -0.3 is 10.6 Å². The summed E-state index contributed by atoms with van der Waals surface area (Å²) in [5, 5.41) is 8.08. The van der Waals surface area contributed by atoms with E-state index in [9.17, 15) is 14.0 Å². The van der Waals surface area contributed by atoms with Gasteiger partial charge in [0.25, 0.3) is 5.91 Å². The number of halogens is 1. The highest BCUT2D eigenvalue weighted by Crippen LogP contribution is 2.43. The molecule has 138 valence electrons. The van der Waals surface area contributed by atoms with Crippen molar-refractivity contribution in [2.45, 2.75) is 32.1 Å². The summed E-state index contributed by atoms with van der Waals surface area (Å²) in [5.41, 5.74) is 3.44. The largest absolute Gasteiger partial charge is 0.362 e. The van der Waals surface area contributed by atoms with Crippen LogP contribution in [-0.2, 0) is 9.59 Å². The molecule has 4 nitrogen and oxygen atoms in total. The van der Waals surface area contributed by atoms with Crippen molar-refractivity contribution in [1.29, 1.82) is 0 Å². The number of nitrogens with one attached hydrogen (secondary N) is 2. The number of carbonyl (C=O) groups is 2. The Morgan fingerprint density at radius 1 is 1.22 bits per heavy atom. The number of hydrogen-bond donors (Lipinski definition) is 2. The van der Waals surface area contributed by atoms with E-state index in [1.54, 1.807) is 11.3 Å². The van der Waals surface area contributed by atoms with Crippen molar-refractivity contribution in [1.82, 2.24) is 5.32 Å². The molecule has 1 aromatic carbocycles. The molecule has 1 aliphatic carbocycles. The third-order valence-corrected chi connectivity index (χ3v) is 5.89. The summed E-state index contributed by atoms with van der Waals surface area (Å²) in [7, 11) is 0. The van der Waals surface area contributed by atoms with E-state index < -0.39 is 0 Å². The van der Waals surface area contributed by atoms with Crippen molar-refractivity contribution in [2.24, 2.45) is 0 Å². The molecule has 1 amide bonds. The Morgan fingerprint density at radius 2 is 2.00 bits per heavy atom.